The molecule has 2 N–H and O–H groups in total. The van der Waals surface area contributed by atoms with Crippen LogP contribution in [0.4, 0.5) is 0 Å². The second kappa shape index (κ2) is 5.90. The van der Waals surface area contributed by atoms with Crippen LogP contribution in [0.25, 0.3) is 11.1 Å². The lowest BCUT2D eigenvalue weighted by atomic mass is 9.80. The van der Waals surface area contributed by atoms with Crippen LogP contribution in [0.1, 0.15) is 0 Å². The summed E-state index contributed by atoms with van der Waals surface area (Å²) in [7, 11) is 0.282. The third kappa shape index (κ3) is 3.25. The number of hydrogen-bond acceptors (Lipinski definition) is 3. The molecule has 0 unspecified atom stereocenters. The Bertz CT molecular complexity index is 485. The molecule has 0 fully saturated rings. The zero-order valence-electron chi connectivity index (χ0n) is 8.88. The van der Waals surface area contributed by atoms with Gasteiger partial charge in [-0.2, -0.15) is 0 Å². The van der Waals surface area contributed by atoms with Crippen molar-refractivity contribution in [3.05, 3.63) is 48.5 Å². The fraction of sp³-hybridized carbons (Fsp3) is 0. The van der Waals surface area contributed by atoms with Gasteiger partial charge < -0.3 is 10.0 Å². The lowest BCUT2D eigenvalue weighted by Gasteiger charge is -2.04. The van der Waals surface area contributed by atoms with Gasteiger partial charge in [0.1, 0.15) is 0 Å². The number of hydrogen-bond donors (Lipinski definition) is 2. The van der Waals surface area contributed by atoms with Gasteiger partial charge in [-0.25, -0.2) is 0 Å². The minimum atomic E-state index is -1.40. The molecule has 0 radical (unpaired) electrons. The predicted molar refractivity (Wildman–Crippen MR) is 81.6 cm³/mol. The van der Waals surface area contributed by atoms with Crippen LogP contribution in [-0.2, 0) is 0 Å². The molecule has 0 bridgehead atoms. The van der Waals surface area contributed by atoms with E-state index in [9.17, 15) is 0 Å². The Kier molecular flexibility index (Phi) is 4.50. The molecule has 0 amide bonds. The van der Waals surface area contributed by atoms with Crippen molar-refractivity contribution >= 4 is 42.7 Å². The molecular formula is C12H10BIO2S. The van der Waals surface area contributed by atoms with Crippen LogP contribution < -0.4 is 5.46 Å². The Hall–Kier alpha value is -0.495. The molecule has 2 rings (SSSR count). The van der Waals surface area contributed by atoms with E-state index in [2.05, 4.69) is 45.5 Å². The maximum atomic E-state index is 9.01. The van der Waals surface area contributed by atoms with Crippen LogP contribution in [0.2, 0.25) is 0 Å². The topological polar surface area (TPSA) is 40.5 Å². The first-order chi connectivity index (χ1) is 8.20. The highest BCUT2D eigenvalue weighted by Gasteiger charge is 2.09. The monoisotopic (exact) mass is 356 g/mol. The highest BCUT2D eigenvalue weighted by molar-refractivity contribution is 14.2. The first-order valence-electron chi connectivity index (χ1n) is 5.06. The number of benzene rings is 2. The van der Waals surface area contributed by atoms with Gasteiger partial charge in [0.15, 0.2) is 0 Å². The molecule has 2 aromatic rings. The smallest absolute Gasteiger partial charge is 0.423 e. The average molecular weight is 356 g/mol. The highest BCUT2D eigenvalue weighted by Crippen LogP contribution is 2.27. The standard InChI is InChI=1S/C12H10BIO2S/c14-17-12-7-3-10(4-8-12)9-1-5-11(6-2-9)13(15)16/h1-8,15-16H. The van der Waals surface area contributed by atoms with Gasteiger partial charge in [0.2, 0.25) is 0 Å². The quantitative estimate of drug-likeness (QED) is 0.656. The maximum absolute atomic E-state index is 9.01. The van der Waals surface area contributed by atoms with E-state index in [-0.39, 0.29) is 0 Å². The van der Waals surface area contributed by atoms with Crippen LogP contribution in [-0.4, -0.2) is 17.2 Å². The Morgan fingerprint density at radius 2 is 1.29 bits per heavy atom. The summed E-state index contributed by atoms with van der Waals surface area (Å²) in [6.45, 7) is 0. The van der Waals surface area contributed by atoms with Gasteiger partial charge >= 0.3 is 7.12 Å². The van der Waals surface area contributed by atoms with E-state index >= 15 is 0 Å². The molecule has 0 aromatic heterocycles. The molecule has 0 aliphatic rings. The summed E-state index contributed by atoms with van der Waals surface area (Å²) >= 11 is 2.25. The van der Waals surface area contributed by atoms with Crippen LogP contribution in [0, 0.1) is 0 Å². The molecule has 0 saturated heterocycles. The van der Waals surface area contributed by atoms with Gasteiger partial charge in [-0.15, -0.1) is 0 Å². The minimum Gasteiger partial charge on any atom is -0.423 e. The molecule has 0 atom stereocenters. The van der Waals surface area contributed by atoms with Gasteiger partial charge in [0.05, 0.1) is 0 Å². The van der Waals surface area contributed by atoms with Gasteiger partial charge in [-0.05, 0) is 28.7 Å². The first kappa shape index (κ1) is 12.9. The molecular weight excluding hydrogens is 346 g/mol. The Labute approximate surface area is 117 Å². The van der Waals surface area contributed by atoms with Crippen molar-refractivity contribution in [1.82, 2.24) is 0 Å². The van der Waals surface area contributed by atoms with E-state index in [0.29, 0.717) is 5.46 Å². The van der Waals surface area contributed by atoms with E-state index in [4.69, 9.17) is 10.0 Å². The lowest BCUT2D eigenvalue weighted by Crippen LogP contribution is -2.29. The molecule has 0 aliphatic carbocycles. The molecule has 0 spiro atoms. The van der Waals surface area contributed by atoms with Crippen LogP contribution in [0.5, 0.6) is 0 Å². The van der Waals surface area contributed by atoms with Crippen LogP contribution in [0.15, 0.2) is 53.4 Å². The summed E-state index contributed by atoms with van der Waals surface area (Å²) < 4.78 is 0. The molecule has 86 valence electrons. The van der Waals surface area contributed by atoms with Crippen LogP contribution in [0.3, 0.4) is 0 Å². The average Bonchev–Trinajstić information content (AvgIpc) is 2.39. The van der Waals surface area contributed by atoms with Gasteiger partial charge in [-0.3, -0.25) is 0 Å². The fourth-order valence-electron chi connectivity index (χ4n) is 1.55. The third-order valence-corrected chi connectivity index (χ3v) is 4.46. The summed E-state index contributed by atoms with van der Waals surface area (Å²) in [6.07, 6.45) is 0. The Morgan fingerprint density at radius 3 is 1.71 bits per heavy atom. The molecule has 0 saturated carbocycles. The number of halogens is 1. The minimum absolute atomic E-state index is 0.508. The third-order valence-electron chi connectivity index (χ3n) is 2.49. The van der Waals surface area contributed by atoms with E-state index in [0.717, 1.165) is 11.1 Å². The van der Waals surface area contributed by atoms with Gasteiger partial charge in [0.25, 0.3) is 0 Å². The van der Waals surface area contributed by atoms with Crippen molar-refractivity contribution in [3.63, 3.8) is 0 Å². The Morgan fingerprint density at radius 1 is 0.824 bits per heavy atom. The van der Waals surface area contributed by atoms with Gasteiger partial charge in [0, 0.05) is 26.1 Å². The fourth-order valence-corrected chi connectivity index (χ4v) is 2.67. The summed E-state index contributed by atoms with van der Waals surface area (Å²) in [5.41, 5.74) is 2.70. The first-order valence-corrected chi connectivity index (χ1v) is 8.42. The molecule has 0 heterocycles. The SMILES string of the molecule is OB(O)c1ccc(-c2ccc(SI)cc2)cc1. The second-order valence-corrected chi connectivity index (χ2v) is 5.54. The highest BCUT2D eigenvalue weighted by atomic mass is 127. The summed E-state index contributed by atoms with van der Waals surface area (Å²) in [4.78, 5) is 1.22. The zero-order valence-corrected chi connectivity index (χ0v) is 11.9. The molecule has 2 nitrogen and oxygen atoms in total. The van der Waals surface area contributed by atoms with Crippen molar-refractivity contribution < 1.29 is 10.0 Å². The molecule has 17 heavy (non-hydrogen) atoms. The summed E-state index contributed by atoms with van der Waals surface area (Å²) in [5, 5.41) is 18.0. The van der Waals surface area contributed by atoms with Crippen molar-refractivity contribution in [2.75, 3.05) is 0 Å². The van der Waals surface area contributed by atoms with Crippen molar-refractivity contribution in [3.8, 4) is 11.1 Å². The van der Waals surface area contributed by atoms with Crippen molar-refractivity contribution in [2.45, 2.75) is 4.90 Å². The lowest BCUT2D eigenvalue weighted by molar-refractivity contribution is 0.426. The summed E-state index contributed by atoms with van der Waals surface area (Å²) in [5.74, 6) is 0. The largest absolute Gasteiger partial charge is 0.488 e. The van der Waals surface area contributed by atoms with Gasteiger partial charge in [-0.1, -0.05) is 45.3 Å². The predicted octanol–water partition coefficient (Wildman–Crippen LogP) is 2.48. The van der Waals surface area contributed by atoms with E-state index < -0.39 is 7.12 Å². The van der Waals surface area contributed by atoms with E-state index in [1.54, 1.807) is 21.1 Å². The zero-order chi connectivity index (χ0) is 12.3. The normalized spacial score (nSPS) is 10.3. The number of rotatable bonds is 3. The summed E-state index contributed by atoms with van der Waals surface area (Å²) in [6, 6.07) is 15.5. The van der Waals surface area contributed by atoms with Crippen molar-refractivity contribution in [1.29, 1.82) is 0 Å². The molecule has 2 aromatic carbocycles. The van der Waals surface area contributed by atoms with Crippen molar-refractivity contribution in [2.24, 2.45) is 0 Å². The second-order valence-electron chi connectivity index (χ2n) is 3.60. The Balaban J connectivity index is 2.26. The van der Waals surface area contributed by atoms with E-state index in [1.165, 1.54) is 4.90 Å². The molecule has 5 heteroatoms. The maximum Gasteiger partial charge on any atom is 0.488 e. The molecule has 0 aliphatic heterocycles. The van der Waals surface area contributed by atoms with Crippen LogP contribution >= 0.6 is 30.1 Å². The van der Waals surface area contributed by atoms with E-state index in [1.807, 2.05) is 12.1 Å².